The number of nitrogens with one attached hydrogen (secondary N) is 1. The molecule has 0 aliphatic rings. The van der Waals surface area contributed by atoms with Gasteiger partial charge in [-0.25, -0.2) is 4.68 Å². The molecular formula is C22H21N5OS. The second kappa shape index (κ2) is 7.97. The molecule has 1 amide bonds. The standard InChI is InChI=1S/C22H21N5OS/c1-14(2)21-24-25-22(29-21)23-20(28)18-13-27(17-11-9-15(3)10-12-17)26-19(18)16-7-5-4-6-8-16/h4-14H,1-3H3,(H,23,25,28). The number of anilines is 1. The summed E-state index contributed by atoms with van der Waals surface area (Å²) in [5.41, 5.74) is 4.04. The molecule has 0 saturated carbocycles. The van der Waals surface area contributed by atoms with E-state index in [1.165, 1.54) is 16.9 Å². The van der Waals surface area contributed by atoms with Gasteiger partial charge in [-0.05, 0) is 19.1 Å². The average Bonchev–Trinajstić information content (AvgIpc) is 3.37. The van der Waals surface area contributed by atoms with E-state index in [0.717, 1.165) is 16.3 Å². The van der Waals surface area contributed by atoms with Crippen molar-refractivity contribution < 1.29 is 4.79 Å². The Balaban J connectivity index is 1.71. The van der Waals surface area contributed by atoms with Crippen LogP contribution in [-0.4, -0.2) is 25.9 Å². The minimum absolute atomic E-state index is 0.256. The zero-order valence-corrected chi connectivity index (χ0v) is 17.3. The molecule has 2 aromatic carbocycles. The average molecular weight is 404 g/mol. The van der Waals surface area contributed by atoms with Crippen molar-refractivity contribution in [1.29, 1.82) is 0 Å². The Morgan fingerprint density at radius 2 is 1.76 bits per heavy atom. The molecule has 146 valence electrons. The van der Waals surface area contributed by atoms with Crippen LogP contribution in [0.3, 0.4) is 0 Å². The highest BCUT2D eigenvalue weighted by molar-refractivity contribution is 7.15. The zero-order valence-electron chi connectivity index (χ0n) is 16.5. The molecule has 4 aromatic rings. The third kappa shape index (κ3) is 4.09. The highest BCUT2D eigenvalue weighted by Gasteiger charge is 2.20. The van der Waals surface area contributed by atoms with Crippen LogP contribution >= 0.6 is 11.3 Å². The molecule has 0 bridgehead atoms. The highest BCUT2D eigenvalue weighted by Crippen LogP contribution is 2.26. The predicted molar refractivity (Wildman–Crippen MR) is 116 cm³/mol. The maximum Gasteiger partial charge on any atom is 0.261 e. The SMILES string of the molecule is Cc1ccc(-n2cc(C(=O)Nc3nnc(C(C)C)s3)c(-c3ccccc3)n2)cc1. The molecule has 0 radical (unpaired) electrons. The summed E-state index contributed by atoms with van der Waals surface area (Å²) in [5.74, 6) is 0.0102. The molecule has 2 aromatic heterocycles. The number of hydrogen-bond acceptors (Lipinski definition) is 5. The number of rotatable bonds is 5. The Labute approximate surface area is 173 Å². The summed E-state index contributed by atoms with van der Waals surface area (Å²) in [5, 5.41) is 17.2. The number of aryl methyl sites for hydroxylation is 1. The number of aromatic nitrogens is 4. The third-order valence-corrected chi connectivity index (χ3v) is 5.60. The fourth-order valence-corrected chi connectivity index (χ4v) is 3.60. The van der Waals surface area contributed by atoms with E-state index < -0.39 is 0 Å². The van der Waals surface area contributed by atoms with Crippen molar-refractivity contribution in [2.75, 3.05) is 5.32 Å². The molecule has 1 N–H and O–H groups in total. The van der Waals surface area contributed by atoms with Gasteiger partial charge in [-0.2, -0.15) is 5.10 Å². The van der Waals surface area contributed by atoms with Crippen molar-refractivity contribution in [3.8, 4) is 16.9 Å². The van der Waals surface area contributed by atoms with Gasteiger partial charge in [-0.15, -0.1) is 10.2 Å². The number of nitrogens with zero attached hydrogens (tertiary/aromatic N) is 4. The Kier molecular flexibility index (Phi) is 5.22. The van der Waals surface area contributed by atoms with Crippen molar-refractivity contribution in [3.05, 3.63) is 76.9 Å². The minimum atomic E-state index is -0.256. The third-order valence-electron chi connectivity index (χ3n) is 4.46. The number of benzene rings is 2. The molecule has 2 heterocycles. The molecule has 0 aliphatic heterocycles. The fourth-order valence-electron chi connectivity index (χ4n) is 2.86. The van der Waals surface area contributed by atoms with Gasteiger partial charge in [0.05, 0.1) is 11.3 Å². The first-order valence-corrected chi connectivity index (χ1v) is 10.2. The summed E-state index contributed by atoms with van der Waals surface area (Å²) in [7, 11) is 0. The van der Waals surface area contributed by atoms with Crippen molar-refractivity contribution in [2.24, 2.45) is 0 Å². The van der Waals surface area contributed by atoms with Crippen LogP contribution < -0.4 is 5.32 Å². The lowest BCUT2D eigenvalue weighted by Gasteiger charge is -2.02. The van der Waals surface area contributed by atoms with Crippen LogP contribution in [0.5, 0.6) is 0 Å². The van der Waals surface area contributed by atoms with E-state index in [2.05, 4.69) is 15.5 Å². The largest absolute Gasteiger partial charge is 0.296 e. The Hall–Kier alpha value is -3.32. The van der Waals surface area contributed by atoms with Crippen LogP contribution in [0.1, 0.15) is 40.7 Å². The van der Waals surface area contributed by atoms with Crippen LogP contribution in [0, 0.1) is 6.92 Å². The summed E-state index contributed by atoms with van der Waals surface area (Å²) >= 11 is 1.39. The van der Waals surface area contributed by atoms with Gasteiger partial charge in [-0.1, -0.05) is 73.2 Å². The summed E-state index contributed by atoms with van der Waals surface area (Å²) in [4.78, 5) is 13.1. The van der Waals surface area contributed by atoms with E-state index in [4.69, 9.17) is 5.10 Å². The van der Waals surface area contributed by atoms with Gasteiger partial charge in [0.1, 0.15) is 10.7 Å². The number of carbonyl (C=O) groups excluding carboxylic acids is 1. The molecule has 4 rings (SSSR count). The van der Waals surface area contributed by atoms with E-state index in [1.54, 1.807) is 10.9 Å². The van der Waals surface area contributed by atoms with E-state index in [-0.39, 0.29) is 11.8 Å². The summed E-state index contributed by atoms with van der Waals surface area (Å²) in [6.45, 7) is 6.13. The molecule has 6 nitrogen and oxygen atoms in total. The van der Waals surface area contributed by atoms with Crippen LogP contribution in [-0.2, 0) is 0 Å². The van der Waals surface area contributed by atoms with Crippen molar-refractivity contribution in [1.82, 2.24) is 20.0 Å². The van der Waals surface area contributed by atoms with Crippen LogP contribution in [0.2, 0.25) is 0 Å². The summed E-state index contributed by atoms with van der Waals surface area (Å²) in [6.07, 6.45) is 1.76. The monoisotopic (exact) mass is 403 g/mol. The van der Waals surface area contributed by atoms with Gasteiger partial charge in [0.2, 0.25) is 5.13 Å². The predicted octanol–water partition coefficient (Wildman–Crippen LogP) is 5.07. The number of carbonyl (C=O) groups is 1. The summed E-state index contributed by atoms with van der Waals surface area (Å²) < 4.78 is 1.73. The molecule has 0 saturated heterocycles. The zero-order chi connectivity index (χ0) is 20.4. The number of hydrogen-bond donors (Lipinski definition) is 1. The molecule has 0 aliphatic carbocycles. The highest BCUT2D eigenvalue weighted by atomic mass is 32.1. The lowest BCUT2D eigenvalue weighted by atomic mass is 10.1. The number of amides is 1. The second-order valence-corrected chi connectivity index (χ2v) is 8.10. The van der Waals surface area contributed by atoms with Crippen LogP contribution in [0.4, 0.5) is 5.13 Å². The Bertz CT molecular complexity index is 1130. The smallest absolute Gasteiger partial charge is 0.261 e. The molecule has 0 atom stereocenters. The molecule has 29 heavy (non-hydrogen) atoms. The summed E-state index contributed by atoms with van der Waals surface area (Å²) in [6, 6.07) is 17.7. The lowest BCUT2D eigenvalue weighted by molar-refractivity contribution is 0.102. The van der Waals surface area contributed by atoms with E-state index >= 15 is 0 Å². The molecule has 0 unspecified atom stereocenters. The van der Waals surface area contributed by atoms with Crippen molar-refractivity contribution in [2.45, 2.75) is 26.7 Å². The van der Waals surface area contributed by atoms with Gasteiger partial charge in [-0.3, -0.25) is 10.1 Å². The van der Waals surface area contributed by atoms with Crippen molar-refractivity contribution >= 4 is 22.4 Å². The second-order valence-electron chi connectivity index (χ2n) is 7.09. The minimum Gasteiger partial charge on any atom is -0.296 e. The first-order chi connectivity index (χ1) is 14.0. The molecule has 0 fully saturated rings. The topological polar surface area (TPSA) is 72.7 Å². The van der Waals surface area contributed by atoms with Crippen LogP contribution in [0.25, 0.3) is 16.9 Å². The van der Waals surface area contributed by atoms with Gasteiger partial charge >= 0.3 is 0 Å². The quantitative estimate of drug-likeness (QED) is 0.505. The fraction of sp³-hybridized carbons (Fsp3) is 0.182. The van der Waals surface area contributed by atoms with Crippen LogP contribution in [0.15, 0.2) is 60.8 Å². The first kappa shape index (κ1) is 19.0. The van der Waals surface area contributed by atoms with E-state index in [9.17, 15) is 4.79 Å². The lowest BCUT2D eigenvalue weighted by Crippen LogP contribution is -2.12. The Morgan fingerprint density at radius 1 is 1.03 bits per heavy atom. The maximum absolute atomic E-state index is 13.1. The molecular weight excluding hydrogens is 382 g/mol. The van der Waals surface area contributed by atoms with Gasteiger partial charge in [0.15, 0.2) is 0 Å². The van der Waals surface area contributed by atoms with Crippen molar-refractivity contribution in [3.63, 3.8) is 0 Å². The normalized spacial score (nSPS) is 11.0. The van der Waals surface area contributed by atoms with Gasteiger partial charge in [0.25, 0.3) is 5.91 Å². The van der Waals surface area contributed by atoms with Gasteiger partial charge < -0.3 is 0 Å². The van der Waals surface area contributed by atoms with E-state index in [1.807, 2.05) is 75.4 Å². The maximum atomic E-state index is 13.1. The van der Waals surface area contributed by atoms with Gasteiger partial charge in [0, 0.05) is 17.7 Å². The molecule has 7 heteroatoms. The first-order valence-electron chi connectivity index (χ1n) is 9.38. The molecule has 0 spiro atoms. The Morgan fingerprint density at radius 3 is 2.41 bits per heavy atom. The van der Waals surface area contributed by atoms with E-state index in [0.29, 0.717) is 16.4 Å².